The van der Waals surface area contributed by atoms with Crippen molar-refractivity contribution in [2.45, 2.75) is 51.9 Å². The minimum atomic E-state index is 0. The summed E-state index contributed by atoms with van der Waals surface area (Å²) in [5.41, 5.74) is 0. The minimum absolute atomic E-state index is 0. The van der Waals surface area contributed by atoms with Crippen molar-refractivity contribution >= 4 is 18.3 Å². The number of hydrogen-bond acceptors (Lipinski definition) is 2. The smallest absolute Gasteiger partial charge is 0.222 e. The summed E-state index contributed by atoms with van der Waals surface area (Å²) in [7, 11) is 0. The van der Waals surface area contributed by atoms with Crippen LogP contribution in [0, 0.1) is 11.8 Å². The molecule has 2 aliphatic rings. The fourth-order valence-electron chi connectivity index (χ4n) is 2.86. The molecule has 1 heterocycles. The Hall–Kier alpha value is -0.280. The first-order chi connectivity index (χ1) is 8.79. The summed E-state index contributed by atoms with van der Waals surface area (Å²) in [6.07, 6.45) is 8.14. The van der Waals surface area contributed by atoms with Gasteiger partial charge in [-0.05, 0) is 63.5 Å². The summed E-state index contributed by atoms with van der Waals surface area (Å²) in [6.45, 7) is 6.43. The predicted octanol–water partition coefficient (Wildman–Crippen LogP) is 2.84. The highest BCUT2D eigenvalue weighted by atomic mass is 35.5. The zero-order valence-electron chi connectivity index (χ0n) is 12.2. The maximum absolute atomic E-state index is 12.2. The molecule has 0 aromatic carbocycles. The molecule has 1 amide bonds. The quantitative estimate of drug-likeness (QED) is 0.781. The molecule has 0 radical (unpaired) electrons. The molecule has 0 atom stereocenters. The lowest BCUT2D eigenvalue weighted by molar-refractivity contribution is -0.131. The predicted molar refractivity (Wildman–Crippen MR) is 81.7 cm³/mol. The third-order valence-corrected chi connectivity index (χ3v) is 4.25. The van der Waals surface area contributed by atoms with Crippen LogP contribution in [0.2, 0.25) is 0 Å². The monoisotopic (exact) mass is 288 g/mol. The number of nitrogens with one attached hydrogen (secondary N) is 1. The first-order valence-corrected chi connectivity index (χ1v) is 7.78. The van der Waals surface area contributed by atoms with E-state index in [4.69, 9.17) is 0 Å². The topological polar surface area (TPSA) is 32.3 Å². The fourth-order valence-corrected chi connectivity index (χ4v) is 2.86. The van der Waals surface area contributed by atoms with Crippen LogP contribution in [0.4, 0.5) is 0 Å². The van der Waals surface area contributed by atoms with Crippen molar-refractivity contribution in [2.24, 2.45) is 11.8 Å². The average Bonchev–Trinajstić information content (AvgIpc) is 3.21. The van der Waals surface area contributed by atoms with E-state index in [1.165, 1.54) is 25.7 Å². The highest BCUT2D eigenvalue weighted by Gasteiger charge is 2.26. The molecule has 0 unspecified atom stereocenters. The van der Waals surface area contributed by atoms with Crippen LogP contribution in [-0.4, -0.2) is 37.0 Å². The van der Waals surface area contributed by atoms with Crippen LogP contribution in [-0.2, 0) is 4.79 Å². The van der Waals surface area contributed by atoms with Crippen LogP contribution in [0.5, 0.6) is 0 Å². The normalized spacial score (nSPS) is 19.8. The summed E-state index contributed by atoms with van der Waals surface area (Å²) >= 11 is 0. The molecule has 19 heavy (non-hydrogen) atoms. The Bertz CT molecular complexity index is 263. The second kappa shape index (κ2) is 8.80. The molecule has 0 bridgehead atoms. The summed E-state index contributed by atoms with van der Waals surface area (Å²) in [4.78, 5) is 14.4. The third kappa shape index (κ3) is 6.13. The molecule has 1 aliphatic carbocycles. The zero-order chi connectivity index (χ0) is 12.8. The van der Waals surface area contributed by atoms with Crippen molar-refractivity contribution in [1.29, 1.82) is 0 Å². The Balaban J connectivity index is 0.00000180. The largest absolute Gasteiger partial charge is 0.342 e. The van der Waals surface area contributed by atoms with Crippen molar-refractivity contribution in [3.05, 3.63) is 0 Å². The molecule has 112 valence electrons. The van der Waals surface area contributed by atoms with E-state index in [1.807, 2.05) is 0 Å². The van der Waals surface area contributed by atoms with E-state index >= 15 is 0 Å². The third-order valence-electron chi connectivity index (χ3n) is 4.25. The minimum Gasteiger partial charge on any atom is -0.342 e. The van der Waals surface area contributed by atoms with Crippen LogP contribution in [0.25, 0.3) is 0 Å². The maximum atomic E-state index is 12.2. The van der Waals surface area contributed by atoms with E-state index in [0.29, 0.717) is 5.91 Å². The Morgan fingerprint density at radius 3 is 2.42 bits per heavy atom. The molecule has 0 aromatic heterocycles. The van der Waals surface area contributed by atoms with Crippen molar-refractivity contribution < 1.29 is 4.79 Å². The summed E-state index contributed by atoms with van der Waals surface area (Å²) < 4.78 is 0. The van der Waals surface area contributed by atoms with Gasteiger partial charge < -0.3 is 10.2 Å². The molecule has 4 heteroatoms. The van der Waals surface area contributed by atoms with Crippen LogP contribution < -0.4 is 5.32 Å². The van der Waals surface area contributed by atoms with Gasteiger partial charge in [0.1, 0.15) is 0 Å². The van der Waals surface area contributed by atoms with Gasteiger partial charge in [0, 0.05) is 19.5 Å². The fraction of sp³-hybridized carbons (Fsp3) is 0.933. The maximum Gasteiger partial charge on any atom is 0.222 e. The molecular weight excluding hydrogens is 260 g/mol. The molecular formula is C15H29ClN2O. The summed E-state index contributed by atoms with van der Waals surface area (Å²) in [6, 6.07) is 0. The van der Waals surface area contributed by atoms with Crippen LogP contribution in [0.15, 0.2) is 0 Å². The van der Waals surface area contributed by atoms with Gasteiger partial charge in [-0.3, -0.25) is 4.79 Å². The van der Waals surface area contributed by atoms with Gasteiger partial charge in [-0.25, -0.2) is 0 Å². The van der Waals surface area contributed by atoms with Crippen LogP contribution in [0.1, 0.15) is 51.9 Å². The average molecular weight is 289 g/mol. The number of amides is 1. The standard InChI is InChI=1S/C15H28N2O.ClH/c1-2-11-17(12-14-3-4-14)15(18)6-5-13-7-9-16-10-8-13;/h13-14,16H,2-12H2,1H3;1H. The number of nitrogens with zero attached hydrogens (tertiary/aromatic N) is 1. The van der Waals surface area contributed by atoms with E-state index in [2.05, 4.69) is 17.1 Å². The second-order valence-corrected chi connectivity index (χ2v) is 6.02. The van der Waals surface area contributed by atoms with Crippen LogP contribution in [0.3, 0.4) is 0 Å². The lowest BCUT2D eigenvalue weighted by atomic mass is 9.93. The lowest BCUT2D eigenvalue weighted by Crippen LogP contribution is -2.34. The molecule has 2 rings (SSSR count). The van der Waals surface area contributed by atoms with E-state index in [-0.39, 0.29) is 12.4 Å². The van der Waals surface area contributed by atoms with E-state index in [1.54, 1.807) is 0 Å². The highest BCUT2D eigenvalue weighted by Crippen LogP contribution is 2.30. The molecule has 2 fully saturated rings. The van der Waals surface area contributed by atoms with Gasteiger partial charge in [0.25, 0.3) is 0 Å². The number of halogens is 1. The lowest BCUT2D eigenvalue weighted by Gasteiger charge is -2.25. The molecule has 0 spiro atoms. The number of carbonyl (C=O) groups excluding carboxylic acids is 1. The highest BCUT2D eigenvalue weighted by molar-refractivity contribution is 5.85. The molecule has 1 aliphatic heterocycles. The molecule has 1 saturated heterocycles. The van der Waals surface area contributed by atoms with Gasteiger partial charge in [0.2, 0.25) is 5.91 Å². The van der Waals surface area contributed by atoms with Gasteiger partial charge in [-0.1, -0.05) is 6.92 Å². The summed E-state index contributed by atoms with van der Waals surface area (Å²) in [5.74, 6) is 2.00. The molecule has 0 aromatic rings. The number of carbonyl (C=O) groups is 1. The summed E-state index contributed by atoms with van der Waals surface area (Å²) in [5, 5.41) is 3.38. The Labute approximate surface area is 123 Å². The molecule has 3 nitrogen and oxygen atoms in total. The number of hydrogen-bond donors (Lipinski definition) is 1. The number of rotatable bonds is 7. The van der Waals surface area contributed by atoms with Crippen molar-refractivity contribution in [1.82, 2.24) is 10.2 Å². The van der Waals surface area contributed by atoms with Gasteiger partial charge in [-0.2, -0.15) is 0 Å². The van der Waals surface area contributed by atoms with E-state index in [0.717, 1.165) is 57.3 Å². The van der Waals surface area contributed by atoms with Crippen molar-refractivity contribution in [2.75, 3.05) is 26.2 Å². The zero-order valence-corrected chi connectivity index (χ0v) is 13.0. The van der Waals surface area contributed by atoms with E-state index < -0.39 is 0 Å². The van der Waals surface area contributed by atoms with Crippen molar-refractivity contribution in [3.63, 3.8) is 0 Å². The SMILES string of the molecule is CCCN(CC1CC1)C(=O)CCC1CCNCC1.Cl. The first kappa shape index (κ1) is 16.8. The second-order valence-electron chi connectivity index (χ2n) is 6.02. The Morgan fingerprint density at radius 1 is 1.16 bits per heavy atom. The molecule has 1 N–H and O–H groups in total. The van der Waals surface area contributed by atoms with Crippen molar-refractivity contribution in [3.8, 4) is 0 Å². The first-order valence-electron chi connectivity index (χ1n) is 7.78. The van der Waals surface area contributed by atoms with E-state index in [9.17, 15) is 4.79 Å². The Kier molecular flexibility index (Phi) is 7.77. The molecule has 1 saturated carbocycles. The van der Waals surface area contributed by atoms with Gasteiger partial charge in [-0.15, -0.1) is 12.4 Å². The van der Waals surface area contributed by atoms with Gasteiger partial charge in [0.15, 0.2) is 0 Å². The Morgan fingerprint density at radius 2 is 1.84 bits per heavy atom. The van der Waals surface area contributed by atoms with Crippen LogP contribution >= 0.6 is 12.4 Å². The van der Waals surface area contributed by atoms with Gasteiger partial charge in [0.05, 0.1) is 0 Å². The van der Waals surface area contributed by atoms with Gasteiger partial charge >= 0.3 is 0 Å². The number of piperidine rings is 1.